The molecule has 4 rings (SSSR count). The molecule has 0 unspecified atom stereocenters. The Balaban J connectivity index is 1.80. The van der Waals surface area contributed by atoms with Crippen molar-refractivity contribution >= 4 is 44.2 Å². The molecular formula is C21H19ClN4OS. The Bertz CT molecular complexity index is 1150. The maximum absolute atomic E-state index is 13.3. The molecule has 2 aromatic heterocycles. The lowest BCUT2D eigenvalue weighted by atomic mass is 10.2. The van der Waals surface area contributed by atoms with Crippen LogP contribution in [0.2, 0.25) is 5.02 Å². The van der Waals surface area contributed by atoms with E-state index in [1.54, 1.807) is 15.6 Å². The Labute approximate surface area is 172 Å². The normalized spacial score (nSPS) is 11.1. The first-order valence-electron chi connectivity index (χ1n) is 8.86. The molecule has 0 saturated carbocycles. The number of anilines is 1. The summed E-state index contributed by atoms with van der Waals surface area (Å²) in [5, 5.41) is 5.67. The molecule has 0 aliphatic rings. The van der Waals surface area contributed by atoms with Gasteiger partial charge >= 0.3 is 0 Å². The summed E-state index contributed by atoms with van der Waals surface area (Å²) in [7, 11) is 1.83. The number of rotatable bonds is 4. The van der Waals surface area contributed by atoms with E-state index in [-0.39, 0.29) is 5.91 Å². The molecule has 0 saturated heterocycles. The highest BCUT2D eigenvalue weighted by molar-refractivity contribution is 7.22. The minimum Gasteiger partial charge on any atom is -0.278 e. The van der Waals surface area contributed by atoms with Crippen LogP contribution >= 0.6 is 22.9 Å². The van der Waals surface area contributed by atoms with Crippen LogP contribution in [0.4, 0.5) is 5.13 Å². The van der Waals surface area contributed by atoms with Crippen molar-refractivity contribution in [1.29, 1.82) is 0 Å². The first-order valence-corrected chi connectivity index (χ1v) is 10.1. The number of aryl methyl sites for hydroxylation is 3. The van der Waals surface area contributed by atoms with Gasteiger partial charge in [0.1, 0.15) is 0 Å². The summed E-state index contributed by atoms with van der Waals surface area (Å²) >= 11 is 7.74. The predicted octanol–water partition coefficient (Wildman–Crippen LogP) is 5.15. The summed E-state index contributed by atoms with van der Waals surface area (Å²) in [6.45, 7) is 4.29. The number of carbonyl (C=O) groups excluding carboxylic acids is 1. The monoisotopic (exact) mass is 410 g/mol. The van der Waals surface area contributed by atoms with E-state index in [0.29, 0.717) is 22.4 Å². The van der Waals surface area contributed by atoms with Crippen molar-refractivity contribution in [2.75, 3.05) is 4.90 Å². The van der Waals surface area contributed by atoms with E-state index in [1.165, 1.54) is 11.3 Å². The molecule has 0 atom stereocenters. The van der Waals surface area contributed by atoms with Gasteiger partial charge in [-0.15, -0.1) is 0 Å². The van der Waals surface area contributed by atoms with E-state index < -0.39 is 0 Å². The second kappa shape index (κ2) is 7.37. The predicted molar refractivity (Wildman–Crippen MR) is 114 cm³/mol. The molecule has 0 aliphatic heterocycles. The van der Waals surface area contributed by atoms with Crippen LogP contribution < -0.4 is 4.90 Å². The van der Waals surface area contributed by atoms with Crippen molar-refractivity contribution in [3.8, 4) is 0 Å². The molecule has 2 aromatic carbocycles. The van der Waals surface area contributed by atoms with Gasteiger partial charge in [0.25, 0.3) is 5.91 Å². The molecule has 0 bridgehead atoms. The summed E-state index contributed by atoms with van der Waals surface area (Å²) in [4.78, 5) is 19.8. The van der Waals surface area contributed by atoms with Crippen molar-refractivity contribution < 1.29 is 4.79 Å². The lowest BCUT2D eigenvalue weighted by Gasteiger charge is -2.19. The van der Waals surface area contributed by atoms with Gasteiger partial charge in [-0.05, 0) is 43.2 Å². The molecule has 0 N–H and O–H groups in total. The molecule has 0 radical (unpaired) electrons. The molecule has 142 valence electrons. The van der Waals surface area contributed by atoms with Crippen LogP contribution in [0.25, 0.3) is 10.2 Å². The molecule has 1 amide bonds. The average Bonchev–Trinajstić information content (AvgIpc) is 3.27. The second-order valence-electron chi connectivity index (χ2n) is 6.69. The van der Waals surface area contributed by atoms with Crippen LogP contribution in [0.5, 0.6) is 0 Å². The molecular weight excluding hydrogens is 392 g/mol. The van der Waals surface area contributed by atoms with Gasteiger partial charge in [0.15, 0.2) is 10.8 Å². The Kier molecular flexibility index (Phi) is 4.91. The summed E-state index contributed by atoms with van der Waals surface area (Å²) in [6.07, 6.45) is 0. The van der Waals surface area contributed by atoms with Gasteiger partial charge in [-0.3, -0.25) is 14.4 Å². The van der Waals surface area contributed by atoms with Gasteiger partial charge in [0.05, 0.1) is 16.8 Å². The number of nitrogens with zero attached hydrogens (tertiary/aromatic N) is 4. The Morgan fingerprint density at radius 2 is 1.93 bits per heavy atom. The number of carbonyl (C=O) groups is 1. The molecule has 2 heterocycles. The first kappa shape index (κ1) is 18.7. The SMILES string of the molecule is Cc1c(Cl)ccc2sc(N(Cc3ccccc3)C(=O)c3cc(C)n(C)n3)nc12. The minimum atomic E-state index is -0.171. The van der Waals surface area contributed by atoms with E-state index in [9.17, 15) is 4.79 Å². The standard InChI is InChI=1S/C21H19ClN4OS/c1-13-11-17(24-25(13)3)20(27)26(12-15-7-5-4-6-8-15)21-23-19-14(2)16(22)9-10-18(19)28-21/h4-11H,12H2,1-3H3. The highest BCUT2D eigenvalue weighted by Gasteiger charge is 2.24. The molecule has 28 heavy (non-hydrogen) atoms. The number of fused-ring (bicyclic) bond motifs is 1. The topological polar surface area (TPSA) is 51.0 Å². The third kappa shape index (κ3) is 3.41. The molecule has 7 heteroatoms. The van der Waals surface area contributed by atoms with Crippen molar-refractivity contribution in [3.05, 3.63) is 76.1 Å². The van der Waals surface area contributed by atoms with Gasteiger partial charge in [-0.1, -0.05) is 53.3 Å². The van der Waals surface area contributed by atoms with Crippen molar-refractivity contribution in [2.45, 2.75) is 20.4 Å². The van der Waals surface area contributed by atoms with E-state index in [2.05, 4.69) is 5.10 Å². The number of hydrogen-bond donors (Lipinski definition) is 0. The maximum Gasteiger partial charge on any atom is 0.280 e. The van der Waals surface area contributed by atoms with E-state index in [4.69, 9.17) is 16.6 Å². The quantitative estimate of drug-likeness (QED) is 0.467. The summed E-state index contributed by atoms with van der Waals surface area (Å²) in [5.74, 6) is -0.171. The largest absolute Gasteiger partial charge is 0.280 e. The van der Waals surface area contributed by atoms with E-state index in [0.717, 1.165) is 27.0 Å². The smallest absolute Gasteiger partial charge is 0.278 e. The zero-order valence-electron chi connectivity index (χ0n) is 15.8. The Morgan fingerprint density at radius 1 is 1.18 bits per heavy atom. The maximum atomic E-state index is 13.3. The van der Waals surface area contributed by atoms with Crippen LogP contribution in [-0.4, -0.2) is 20.7 Å². The van der Waals surface area contributed by atoms with Crippen molar-refractivity contribution in [1.82, 2.24) is 14.8 Å². The van der Waals surface area contributed by atoms with Crippen LogP contribution in [0.15, 0.2) is 48.5 Å². The fraction of sp³-hybridized carbons (Fsp3) is 0.190. The molecule has 0 fully saturated rings. The van der Waals surface area contributed by atoms with Gasteiger partial charge < -0.3 is 0 Å². The van der Waals surface area contributed by atoms with Crippen molar-refractivity contribution in [2.24, 2.45) is 7.05 Å². The van der Waals surface area contributed by atoms with Gasteiger partial charge in [0.2, 0.25) is 0 Å². The van der Waals surface area contributed by atoms with Crippen LogP contribution in [0.3, 0.4) is 0 Å². The van der Waals surface area contributed by atoms with Gasteiger partial charge in [0, 0.05) is 17.8 Å². The van der Waals surface area contributed by atoms with E-state index in [1.807, 2.05) is 63.4 Å². The minimum absolute atomic E-state index is 0.171. The first-order chi connectivity index (χ1) is 13.4. The number of thiazole rings is 1. The Morgan fingerprint density at radius 3 is 2.61 bits per heavy atom. The van der Waals surface area contributed by atoms with Gasteiger partial charge in [-0.2, -0.15) is 5.10 Å². The number of benzene rings is 2. The number of hydrogen-bond acceptors (Lipinski definition) is 4. The summed E-state index contributed by atoms with van der Waals surface area (Å²) in [6, 6.07) is 15.5. The molecule has 4 aromatic rings. The van der Waals surface area contributed by atoms with Crippen LogP contribution in [-0.2, 0) is 13.6 Å². The fourth-order valence-electron chi connectivity index (χ4n) is 3.00. The fourth-order valence-corrected chi connectivity index (χ4v) is 4.18. The molecule has 0 aliphatic carbocycles. The summed E-state index contributed by atoms with van der Waals surface area (Å²) < 4.78 is 2.70. The third-order valence-electron chi connectivity index (χ3n) is 4.73. The van der Waals surface area contributed by atoms with Crippen LogP contribution in [0.1, 0.15) is 27.3 Å². The zero-order valence-corrected chi connectivity index (χ0v) is 17.4. The molecule has 0 spiro atoms. The number of halogens is 1. The number of aromatic nitrogens is 3. The van der Waals surface area contributed by atoms with Crippen molar-refractivity contribution in [3.63, 3.8) is 0 Å². The lowest BCUT2D eigenvalue weighted by Crippen LogP contribution is -2.30. The summed E-state index contributed by atoms with van der Waals surface area (Å²) in [5.41, 5.74) is 4.11. The Hall–Kier alpha value is -2.70. The number of amides is 1. The van der Waals surface area contributed by atoms with Crippen LogP contribution in [0, 0.1) is 13.8 Å². The van der Waals surface area contributed by atoms with Gasteiger partial charge in [-0.25, -0.2) is 4.98 Å². The zero-order chi connectivity index (χ0) is 19.8. The highest BCUT2D eigenvalue weighted by Crippen LogP contribution is 2.34. The highest BCUT2D eigenvalue weighted by atomic mass is 35.5. The average molecular weight is 411 g/mol. The lowest BCUT2D eigenvalue weighted by molar-refractivity contribution is 0.0979. The molecule has 5 nitrogen and oxygen atoms in total. The second-order valence-corrected chi connectivity index (χ2v) is 8.10. The third-order valence-corrected chi connectivity index (χ3v) is 6.18. The van der Waals surface area contributed by atoms with E-state index >= 15 is 0 Å².